The van der Waals surface area contributed by atoms with Crippen molar-refractivity contribution in [3.63, 3.8) is 0 Å². The van der Waals surface area contributed by atoms with E-state index in [-0.39, 0.29) is 0 Å². The van der Waals surface area contributed by atoms with E-state index < -0.39 is 5.97 Å². The number of piperidine rings is 1. The molecule has 2 heterocycles. The van der Waals surface area contributed by atoms with E-state index in [9.17, 15) is 4.79 Å². The van der Waals surface area contributed by atoms with Crippen LogP contribution in [0.2, 0.25) is 0 Å². The summed E-state index contributed by atoms with van der Waals surface area (Å²) in [7, 11) is 0. The lowest BCUT2D eigenvalue weighted by Gasteiger charge is -2.33. The number of aliphatic carboxylic acids is 1. The van der Waals surface area contributed by atoms with Gasteiger partial charge in [-0.2, -0.15) is 0 Å². The smallest absolute Gasteiger partial charge is 0.328 e. The first-order valence-electron chi connectivity index (χ1n) is 8.95. The Bertz CT molecular complexity index is 731. The monoisotopic (exact) mass is 352 g/mol. The zero-order valence-electron chi connectivity index (χ0n) is 14.7. The Morgan fingerprint density at radius 1 is 1.27 bits per heavy atom. The summed E-state index contributed by atoms with van der Waals surface area (Å²) in [6.45, 7) is 3.19. The summed E-state index contributed by atoms with van der Waals surface area (Å²) in [6.07, 6.45) is 9.08. The average Bonchev–Trinajstić information content (AvgIpc) is 2.67. The number of hydrogen-bond donors (Lipinski definition) is 2. The molecule has 1 saturated heterocycles. The Hall–Kier alpha value is -2.73. The van der Waals surface area contributed by atoms with E-state index in [1.807, 2.05) is 6.07 Å². The summed E-state index contributed by atoms with van der Waals surface area (Å²) in [5, 5.41) is 12.1. The molecule has 136 valence electrons. The second-order valence-corrected chi connectivity index (χ2v) is 6.52. The van der Waals surface area contributed by atoms with Gasteiger partial charge in [0.25, 0.3) is 0 Å². The highest BCUT2D eigenvalue weighted by atomic mass is 16.4. The largest absolute Gasteiger partial charge is 0.478 e. The van der Waals surface area contributed by atoms with Gasteiger partial charge in [-0.15, -0.1) is 0 Å². The minimum Gasteiger partial charge on any atom is -0.478 e. The number of nitrogens with one attached hydrogen (secondary N) is 1. The van der Waals surface area contributed by atoms with Gasteiger partial charge in [0, 0.05) is 25.2 Å². The maximum absolute atomic E-state index is 10.5. The highest BCUT2D eigenvalue weighted by Crippen LogP contribution is 2.15. The quantitative estimate of drug-likeness (QED) is 0.746. The van der Waals surface area contributed by atoms with E-state index in [1.165, 1.54) is 18.1 Å². The van der Waals surface area contributed by atoms with Crippen LogP contribution < -0.4 is 5.32 Å². The zero-order chi connectivity index (χ0) is 18.2. The summed E-state index contributed by atoms with van der Waals surface area (Å²) in [6, 6.07) is 10.9. The molecule has 26 heavy (non-hydrogen) atoms. The van der Waals surface area contributed by atoms with E-state index in [0.717, 1.165) is 44.4 Å². The van der Waals surface area contributed by atoms with Crippen molar-refractivity contribution in [1.29, 1.82) is 0 Å². The molecule has 2 aromatic rings. The van der Waals surface area contributed by atoms with Crippen molar-refractivity contribution in [3.05, 3.63) is 60.1 Å². The van der Waals surface area contributed by atoms with Gasteiger partial charge in [-0.25, -0.2) is 9.78 Å². The van der Waals surface area contributed by atoms with Crippen LogP contribution in [0.15, 0.2) is 48.8 Å². The number of carboxylic acids is 1. The first-order valence-corrected chi connectivity index (χ1v) is 8.95. The van der Waals surface area contributed by atoms with Gasteiger partial charge in [-0.05, 0) is 37.4 Å². The molecule has 2 N–H and O–H groups in total. The number of anilines is 1. The third-order valence-corrected chi connectivity index (χ3v) is 4.49. The van der Waals surface area contributed by atoms with Crippen LogP contribution in [0, 0.1) is 0 Å². The fourth-order valence-electron chi connectivity index (χ4n) is 3.17. The molecule has 0 bridgehead atoms. The van der Waals surface area contributed by atoms with Crippen LogP contribution in [-0.2, 0) is 11.2 Å². The van der Waals surface area contributed by atoms with E-state index in [1.54, 1.807) is 12.4 Å². The van der Waals surface area contributed by atoms with E-state index >= 15 is 0 Å². The standard InChI is InChI=1S/C20H24N4O2/c25-20(26)9-8-17-13-22-19(14-21-17)23-18-7-4-11-24(15-18)12-10-16-5-2-1-3-6-16/h1-3,5-6,8-9,13-14,18H,4,7,10-12,15H2,(H,22,23)(H,25,26)/t18-/m1/s1. The lowest BCUT2D eigenvalue weighted by molar-refractivity contribution is -0.131. The molecule has 3 rings (SSSR count). The normalized spacial score (nSPS) is 18.1. The van der Waals surface area contributed by atoms with Gasteiger partial charge in [-0.3, -0.25) is 4.98 Å². The summed E-state index contributed by atoms with van der Waals surface area (Å²) in [5.74, 6) is -0.265. The molecule has 0 radical (unpaired) electrons. The highest BCUT2D eigenvalue weighted by molar-refractivity contribution is 5.84. The Balaban J connectivity index is 1.49. The second kappa shape index (κ2) is 9.10. The van der Waals surface area contributed by atoms with Crippen molar-refractivity contribution in [3.8, 4) is 0 Å². The average molecular weight is 352 g/mol. The van der Waals surface area contributed by atoms with Crippen molar-refractivity contribution >= 4 is 17.9 Å². The lowest BCUT2D eigenvalue weighted by atomic mass is 10.0. The number of rotatable bonds is 7. The molecule has 0 unspecified atom stereocenters. The number of aromatic nitrogens is 2. The number of carbonyl (C=O) groups is 1. The van der Waals surface area contributed by atoms with Crippen molar-refractivity contribution in [2.24, 2.45) is 0 Å². The van der Waals surface area contributed by atoms with E-state index in [0.29, 0.717) is 11.7 Å². The fraction of sp³-hybridized carbons (Fsp3) is 0.350. The molecule has 1 aromatic heterocycles. The summed E-state index contributed by atoms with van der Waals surface area (Å²) < 4.78 is 0. The number of hydrogen-bond acceptors (Lipinski definition) is 5. The van der Waals surface area contributed by atoms with Crippen LogP contribution >= 0.6 is 0 Å². The SMILES string of the molecule is O=C(O)C=Cc1cnc(N[C@@H]2CCCN(CCc3ccccc3)C2)cn1. The Labute approximate surface area is 153 Å². The molecular weight excluding hydrogens is 328 g/mol. The second-order valence-electron chi connectivity index (χ2n) is 6.52. The van der Waals surface area contributed by atoms with Crippen LogP contribution in [0.25, 0.3) is 6.08 Å². The van der Waals surface area contributed by atoms with Gasteiger partial charge in [0.2, 0.25) is 0 Å². The Morgan fingerprint density at radius 3 is 2.85 bits per heavy atom. The van der Waals surface area contributed by atoms with Gasteiger partial charge in [-0.1, -0.05) is 30.3 Å². The first kappa shape index (κ1) is 18.1. The Morgan fingerprint density at radius 2 is 2.12 bits per heavy atom. The Kier molecular flexibility index (Phi) is 6.33. The molecule has 1 aliphatic heterocycles. The molecule has 0 saturated carbocycles. The first-order chi connectivity index (χ1) is 12.7. The van der Waals surface area contributed by atoms with Crippen molar-refractivity contribution < 1.29 is 9.90 Å². The number of benzene rings is 1. The van der Waals surface area contributed by atoms with Gasteiger partial charge in [0.15, 0.2) is 0 Å². The van der Waals surface area contributed by atoms with Crippen LogP contribution in [0.4, 0.5) is 5.82 Å². The minimum atomic E-state index is -0.994. The maximum atomic E-state index is 10.5. The molecule has 6 heteroatoms. The summed E-state index contributed by atoms with van der Waals surface area (Å²) in [5.41, 5.74) is 1.91. The molecular formula is C20H24N4O2. The van der Waals surface area contributed by atoms with Crippen molar-refractivity contribution in [1.82, 2.24) is 14.9 Å². The van der Waals surface area contributed by atoms with E-state index in [4.69, 9.17) is 5.11 Å². The van der Waals surface area contributed by atoms with Crippen LogP contribution in [0.5, 0.6) is 0 Å². The fourth-order valence-corrected chi connectivity index (χ4v) is 3.17. The van der Waals surface area contributed by atoms with Crippen LogP contribution in [0.1, 0.15) is 24.1 Å². The van der Waals surface area contributed by atoms with Crippen molar-refractivity contribution in [2.75, 3.05) is 25.0 Å². The molecule has 0 aliphatic carbocycles. The third-order valence-electron chi connectivity index (χ3n) is 4.49. The molecule has 1 aromatic carbocycles. The van der Waals surface area contributed by atoms with Crippen LogP contribution in [-0.4, -0.2) is 51.6 Å². The van der Waals surface area contributed by atoms with Crippen LogP contribution in [0.3, 0.4) is 0 Å². The zero-order valence-corrected chi connectivity index (χ0v) is 14.7. The number of likely N-dealkylation sites (tertiary alicyclic amines) is 1. The van der Waals surface area contributed by atoms with Gasteiger partial charge < -0.3 is 15.3 Å². The third kappa shape index (κ3) is 5.67. The van der Waals surface area contributed by atoms with Gasteiger partial charge in [0.1, 0.15) is 5.82 Å². The van der Waals surface area contributed by atoms with E-state index in [2.05, 4.69) is 44.5 Å². The van der Waals surface area contributed by atoms with Crippen molar-refractivity contribution in [2.45, 2.75) is 25.3 Å². The highest BCUT2D eigenvalue weighted by Gasteiger charge is 2.19. The molecule has 1 atom stereocenters. The summed E-state index contributed by atoms with van der Waals surface area (Å²) >= 11 is 0. The molecule has 0 amide bonds. The van der Waals surface area contributed by atoms with Gasteiger partial charge >= 0.3 is 5.97 Å². The maximum Gasteiger partial charge on any atom is 0.328 e. The minimum absolute atomic E-state index is 0.356. The predicted molar refractivity (Wildman–Crippen MR) is 102 cm³/mol. The number of carboxylic acid groups (broad SMARTS) is 1. The molecule has 0 spiro atoms. The number of nitrogens with zero attached hydrogens (tertiary/aromatic N) is 3. The summed E-state index contributed by atoms with van der Waals surface area (Å²) in [4.78, 5) is 21.6. The molecule has 6 nitrogen and oxygen atoms in total. The lowest BCUT2D eigenvalue weighted by Crippen LogP contribution is -2.43. The molecule has 1 aliphatic rings. The topological polar surface area (TPSA) is 78.3 Å². The van der Waals surface area contributed by atoms with Gasteiger partial charge in [0.05, 0.1) is 18.1 Å². The predicted octanol–water partition coefficient (Wildman–Crippen LogP) is 2.69. The molecule has 1 fully saturated rings.